The zero-order valence-electron chi connectivity index (χ0n) is 9.16. The number of hydrogen-bond donors (Lipinski definition) is 1. The normalized spacial score (nSPS) is 12.4. The van der Waals surface area contributed by atoms with Gasteiger partial charge in [-0.1, -0.05) is 13.0 Å². The number of hydrogen-bond acceptors (Lipinski definition) is 3. The van der Waals surface area contributed by atoms with E-state index < -0.39 is 10.8 Å². The summed E-state index contributed by atoms with van der Waals surface area (Å²) in [5, 5.41) is 0. The molecule has 0 aliphatic rings. The first-order valence-electron chi connectivity index (χ1n) is 4.94. The van der Waals surface area contributed by atoms with Crippen LogP contribution in [0, 0.1) is 0 Å². The van der Waals surface area contributed by atoms with Gasteiger partial charge in [-0.2, -0.15) is 0 Å². The van der Waals surface area contributed by atoms with Crippen LogP contribution in [0.25, 0.3) is 0 Å². The Hall–Kier alpha value is -1.03. The van der Waals surface area contributed by atoms with E-state index >= 15 is 0 Å². The second-order valence-electron chi connectivity index (χ2n) is 3.36. The summed E-state index contributed by atoms with van der Waals surface area (Å²) < 4.78 is 16.8. The highest BCUT2D eigenvalue weighted by Gasteiger charge is 2.07. The maximum atomic E-state index is 11.6. The number of ether oxygens (including phenoxy) is 1. The molecule has 84 valence electrons. The standard InChI is InChI=1S/C11H17NO2S/c1-3-6-15(13)8-9-4-5-10(12)7-11(9)14-2/h4-5,7H,3,6,8,12H2,1-2H3. The first-order valence-corrected chi connectivity index (χ1v) is 6.43. The molecular formula is C11H17NO2S. The molecule has 3 nitrogen and oxygen atoms in total. The summed E-state index contributed by atoms with van der Waals surface area (Å²) in [6.07, 6.45) is 0.934. The van der Waals surface area contributed by atoms with E-state index in [9.17, 15) is 4.21 Å². The van der Waals surface area contributed by atoms with Crippen molar-refractivity contribution >= 4 is 16.5 Å². The van der Waals surface area contributed by atoms with E-state index in [4.69, 9.17) is 10.5 Å². The van der Waals surface area contributed by atoms with Crippen LogP contribution in [0.1, 0.15) is 18.9 Å². The van der Waals surface area contributed by atoms with E-state index in [1.165, 1.54) is 0 Å². The minimum absolute atomic E-state index is 0.539. The quantitative estimate of drug-likeness (QED) is 0.782. The lowest BCUT2D eigenvalue weighted by molar-refractivity contribution is 0.411. The zero-order chi connectivity index (χ0) is 11.3. The van der Waals surface area contributed by atoms with Crippen molar-refractivity contribution in [3.8, 4) is 5.75 Å². The molecule has 1 atom stereocenters. The van der Waals surface area contributed by atoms with Crippen LogP contribution in [0.4, 0.5) is 5.69 Å². The fraction of sp³-hybridized carbons (Fsp3) is 0.455. The predicted molar refractivity (Wildman–Crippen MR) is 64.4 cm³/mol. The summed E-state index contributed by atoms with van der Waals surface area (Å²) in [6, 6.07) is 5.45. The molecule has 1 aromatic carbocycles. The first kappa shape index (κ1) is 12.0. The minimum Gasteiger partial charge on any atom is -0.496 e. The lowest BCUT2D eigenvalue weighted by Crippen LogP contribution is -2.02. The summed E-state index contributed by atoms with van der Waals surface area (Å²) in [5.74, 6) is 1.99. The third-order valence-corrected chi connectivity index (χ3v) is 3.56. The molecule has 0 saturated carbocycles. The third kappa shape index (κ3) is 3.55. The van der Waals surface area contributed by atoms with Crippen molar-refractivity contribution in [3.05, 3.63) is 23.8 Å². The van der Waals surface area contributed by atoms with Crippen molar-refractivity contribution in [1.82, 2.24) is 0 Å². The van der Waals surface area contributed by atoms with Gasteiger partial charge in [0.15, 0.2) is 0 Å². The van der Waals surface area contributed by atoms with Crippen LogP contribution in [0.5, 0.6) is 5.75 Å². The van der Waals surface area contributed by atoms with Gasteiger partial charge < -0.3 is 10.5 Å². The summed E-state index contributed by atoms with van der Waals surface area (Å²) in [5.41, 5.74) is 7.26. The summed E-state index contributed by atoms with van der Waals surface area (Å²) in [7, 11) is 0.788. The summed E-state index contributed by atoms with van der Waals surface area (Å²) in [6.45, 7) is 2.03. The Morgan fingerprint density at radius 1 is 1.47 bits per heavy atom. The number of nitrogens with two attached hydrogens (primary N) is 1. The van der Waals surface area contributed by atoms with E-state index in [-0.39, 0.29) is 0 Å². The van der Waals surface area contributed by atoms with Gasteiger partial charge in [0, 0.05) is 33.9 Å². The topological polar surface area (TPSA) is 52.3 Å². The molecule has 0 radical (unpaired) electrons. The number of rotatable bonds is 5. The van der Waals surface area contributed by atoms with Gasteiger partial charge in [-0.25, -0.2) is 0 Å². The van der Waals surface area contributed by atoms with Gasteiger partial charge in [0.1, 0.15) is 5.75 Å². The lowest BCUT2D eigenvalue weighted by atomic mass is 10.2. The lowest BCUT2D eigenvalue weighted by Gasteiger charge is -2.08. The van der Waals surface area contributed by atoms with Crippen molar-refractivity contribution < 1.29 is 8.95 Å². The number of nitrogen functional groups attached to an aromatic ring is 1. The highest BCUT2D eigenvalue weighted by Crippen LogP contribution is 2.22. The van der Waals surface area contributed by atoms with Gasteiger partial charge in [0.25, 0.3) is 0 Å². The summed E-state index contributed by atoms with van der Waals surface area (Å²) >= 11 is 0. The van der Waals surface area contributed by atoms with Crippen LogP contribution in [0.15, 0.2) is 18.2 Å². The minimum atomic E-state index is -0.810. The SMILES string of the molecule is CCCS(=O)Cc1ccc(N)cc1OC. The molecule has 0 heterocycles. The smallest absolute Gasteiger partial charge is 0.125 e. The first-order chi connectivity index (χ1) is 7.17. The van der Waals surface area contributed by atoms with Gasteiger partial charge in [-0.15, -0.1) is 0 Å². The summed E-state index contributed by atoms with van der Waals surface area (Å²) in [4.78, 5) is 0. The van der Waals surface area contributed by atoms with Crippen LogP contribution < -0.4 is 10.5 Å². The average Bonchev–Trinajstić information content (AvgIpc) is 2.21. The maximum Gasteiger partial charge on any atom is 0.125 e. The Balaban J connectivity index is 2.80. The molecule has 0 aliphatic heterocycles. The molecule has 15 heavy (non-hydrogen) atoms. The second kappa shape index (κ2) is 5.75. The Morgan fingerprint density at radius 2 is 2.20 bits per heavy atom. The molecular weight excluding hydrogens is 210 g/mol. The Kier molecular flexibility index (Phi) is 4.62. The van der Waals surface area contributed by atoms with E-state index in [1.54, 1.807) is 19.2 Å². The fourth-order valence-corrected chi connectivity index (χ4v) is 2.54. The molecule has 0 spiro atoms. The highest BCUT2D eigenvalue weighted by atomic mass is 32.2. The van der Waals surface area contributed by atoms with Crippen LogP contribution >= 0.6 is 0 Å². The van der Waals surface area contributed by atoms with E-state index in [2.05, 4.69) is 0 Å². The number of anilines is 1. The van der Waals surface area contributed by atoms with Gasteiger partial charge in [-0.05, 0) is 12.5 Å². The maximum absolute atomic E-state index is 11.6. The predicted octanol–water partition coefficient (Wildman–Crippen LogP) is 1.94. The van der Waals surface area contributed by atoms with Crippen LogP contribution in [-0.4, -0.2) is 17.1 Å². The molecule has 0 bridgehead atoms. The van der Waals surface area contributed by atoms with E-state index in [1.807, 2.05) is 13.0 Å². The molecule has 1 aromatic rings. The highest BCUT2D eigenvalue weighted by molar-refractivity contribution is 7.84. The van der Waals surface area contributed by atoms with Gasteiger partial charge >= 0.3 is 0 Å². The Morgan fingerprint density at radius 3 is 2.80 bits per heavy atom. The van der Waals surface area contributed by atoms with E-state index in [0.717, 1.165) is 23.5 Å². The molecule has 0 fully saturated rings. The second-order valence-corrected chi connectivity index (χ2v) is 4.94. The molecule has 1 rings (SSSR count). The monoisotopic (exact) mass is 227 g/mol. The van der Waals surface area contributed by atoms with Gasteiger partial charge in [0.2, 0.25) is 0 Å². The Bertz CT molecular complexity index is 352. The van der Waals surface area contributed by atoms with Crippen LogP contribution in [0.3, 0.4) is 0 Å². The molecule has 0 amide bonds. The largest absolute Gasteiger partial charge is 0.496 e. The molecule has 4 heteroatoms. The van der Waals surface area contributed by atoms with Crippen LogP contribution in [0.2, 0.25) is 0 Å². The molecule has 1 unspecified atom stereocenters. The average molecular weight is 227 g/mol. The van der Waals surface area contributed by atoms with Crippen molar-refractivity contribution in [2.24, 2.45) is 0 Å². The molecule has 2 N–H and O–H groups in total. The van der Waals surface area contributed by atoms with Crippen molar-refractivity contribution in [2.45, 2.75) is 19.1 Å². The van der Waals surface area contributed by atoms with Crippen molar-refractivity contribution in [1.29, 1.82) is 0 Å². The number of methoxy groups -OCH3 is 1. The molecule has 0 saturated heterocycles. The van der Waals surface area contributed by atoms with Crippen molar-refractivity contribution in [3.63, 3.8) is 0 Å². The van der Waals surface area contributed by atoms with Crippen LogP contribution in [-0.2, 0) is 16.6 Å². The fourth-order valence-electron chi connectivity index (χ4n) is 1.35. The zero-order valence-corrected chi connectivity index (χ0v) is 9.97. The third-order valence-electron chi connectivity index (χ3n) is 2.06. The molecule has 0 aliphatic carbocycles. The number of benzene rings is 1. The van der Waals surface area contributed by atoms with Gasteiger partial charge in [0.05, 0.1) is 12.9 Å². The van der Waals surface area contributed by atoms with Gasteiger partial charge in [-0.3, -0.25) is 4.21 Å². The van der Waals surface area contributed by atoms with E-state index in [0.29, 0.717) is 11.4 Å². The Labute approximate surface area is 93.1 Å². The van der Waals surface area contributed by atoms with Crippen molar-refractivity contribution in [2.75, 3.05) is 18.6 Å². The molecule has 0 aromatic heterocycles.